The van der Waals surface area contributed by atoms with Crippen LogP contribution in [0.5, 0.6) is 11.5 Å². The van der Waals surface area contributed by atoms with Gasteiger partial charge >= 0.3 is 0 Å². The Hall–Kier alpha value is -2.31. The summed E-state index contributed by atoms with van der Waals surface area (Å²) in [5.74, 6) is 1.31. The molecule has 0 aliphatic carbocycles. The van der Waals surface area contributed by atoms with Crippen LogP contribution >= 0.6 is 24.0 Å². The maximum Gasteiger partial charge on any atom is 0.266 e. The molecule has 0 radical (unpaired) electrons. The summed E-state index contributed by atoms with van der Waals surface area (Å²) in [6.07, 6.45) is 2.73. The van der Waals surface area contributed by atoms with E-state index in [-0.39, 0.29) is 11.9 Å². The fourth-order valence-electron chi connectivity index (χ4n) is 2.93. The van der Waals surface area contributed by atoms with Crippen molar-refractivity contribution in [2.24, 2.45) is 0 Å². The summed E-state index contributed by atoms with van der Waals surface area (Å²) in [4.78, 5) is 15.1. The first-order valence-corrected chi connectivity index (χ1v) is 11.0. The van der Waals surface area contributed by atoms with Crippen molar-refractivity contribution in [3.63, 3.8) is 0 Å². The highest BCUT2D eigenvalue weighted by Crippen LogP contribution is 2.36. The van der Waals surface area contributed by atoms with Crippen LogP contribution in [0.2, 0.25) is 0 Å². The average Bonchev–Trinajstić information content (AvgIpc) is 3.01. The monoisotopic (exact) mass is 427 g/mol. The summed E-state index contributed by atoms with van der Waals surface area (Å²) in [6.45, 7) is 7.00. The van der Waals surface area contributed by atoms with Gasteiger partial charge in [-0.1, -0.05) is 67.3 Å². The van der Waals surface area contributed by atoms with Crippen molar-refractivity contribution in [3.05, 3.63) is 64.6 Å². The van der Waals surface area contributed by atoms with Crippen LogP contribution in [0.15, 0.2) is 53.4 Å². The average molecular weight is 428 g/mol. The second kappa shape index (κ2) is 9.94. The third kappa shape index (κ3) is 5.19. The molecule has 1 heterocycles. The largest absolute Gasteiger partial charge is 0.490 e. The molecule has 0 saturated carbocycles. The first-order valence-electron chi connectivity index (χ1n) is 9.74. The van der Waals surface area contributed by atoms with Gasteiger partial charge in [-0.15, -0.1) is 0 Å². The number of benzene rings is 2. The van der Waals surface area contributed by atoms with E-state index in [1.165, 1.54) is 11.8 Å². The van der Waals surface area contributed by atoms with Crippen molar-refractivity contribution >= 4 is 40.3 Å². The molecule has 1 aliphatic rings. The molecule has 0 N–H and O–H groups in total. The van der Waals surface area contributed by atoms with Gasteiger partial charge in [0.05, 0.1) is 11.5 Å². The van der Waals surface area contributed by atoms with Crippen LogP contribution in [0.3, 0.4) is 0 Å². The number of amides is 1. The minimum atomic E-state index is -0.0308. The zero-order valence-corrected chi connectivity index (χ0v) is 18.5. The summed E-state index contributed by atoms with van der Waals surface area (Å²) in [5.41, 5.74) is 1.97. The summed E-state index contributed by atoms with van der Waals surface area (Å²) in [5, 5.41) is 0. The SMILES string of the molecule is CCOc1cc(/C=C2\SC(=S)N(C(C)CC)C2=O)ccc1OCc1ccccc1. The number of hydrogen-bond acceptors (Lipinski definition) is 5. The number of ether oxygens (including phenoxy) is 2. The molecular weight excluding hydrogens is 402 g/mol. The number of rotatable bonds is 8. The van der Waals surface area contributed by atoms with Gasteiger partial charge in [-0.05, 0) is 49.6 Å². The molecule has 3 rings (SSSR count). The van der Waals surface area contributed by atoms with E-state index in [9.17, 15) is 4.79 Å². The summed E-state index contributed by atoms with van der Waals surface area (Å²) >= 11 is 6.75. The Balaban J connectivity index is 1.80. The Morgan fingerprint density at radius 2 is 1.86 bits per heavy atom. The Morgan fingerprint density at radius 1 is 1.10 bits per heavy atom. The zero-order valence-electron chi connectivity index (χ0n) is 16.9. The lowest BCUT2D eigenvalue weighted by Crippen LogP contribution is -2.36. The first kappa shape index (κ1) is 21.4. The van der Waals surface area contributed by atoms with Crippen LogP contribution < -0.4 is 9.47 Å². The standard InChI is InChI=1S/C23H25NO3S2/c1-4-16(3)24-22(25)21(29-23(24)28)14-18-11-12-19(20(13-18)26-5-2)27-15-17-9-7-6-8-10-17/h6-14,16H,4-5,15H2,1-3H3/b21-14-. The summed E-state index contributed by atoms with van der Waals surface area (Å²) in [7, 11) is 0. The normalized spacial score (nSPS) is 16.4. The van der Waals surface area contributed by atoms with Gasteiger partial charge in [0.25, 0.3) is 5.91 Å². The van der Waals surface area contributed by atoms with Crippen molar-refractivity contribution in [1.29, 1.82) is 0 Å². The van der Waals surface area contributed by atoms with Crippen molar-refractivity contribution in [2.75, 3.05) is 6.61 Å². The summed E-state index contributed by atoms with van der Waals surface area (Å²) in [6, 6.07) is 15.8. The molecule has 1 unspecified atom stereocenters. The Bertz CT molecular complexity index is 912. The van der Waals surface area contributed by atoms with E-state index < -0.39 is 0 Å². The first-order chi connectivity index (χ1) is 14.0. The van der Waals surface area contributed by atoms with E-state index in [1.807, 2.05) is 68.5 Å². The molecule has 1 amide bonds. The molecular formula is C23H25NO3S2. The van der Waals surface area contributed by atoms with E-state index in [0.29, 0.717) is 33.9 Å². The van der Waals surface area contributed by atoms with Crippen LogP contribution in [0, 0.1) is 0 Å². The number of carbonyl (C=O) groups is 1. The number of nitrogens with zero attached hydrogens (tertiary/aromatic N) is 1. The fourth-order valence-corrected chi connectivity index (χ4v) is 4.39. The van der Waals surface area contributed by atoms with Crippen LogP contribution in [0.4, 0.5) is 0 Å². The van der Waals surface area contributed by atoms with Gasteiger partial charge in [-0.2, -0.15) is 0 Å². The molecule has 2 aromatic rings. The van der Waals surface area contributed by atoms with E-state index in [1.54, 1.807) is 4.90 Å². The molecule has 29 heavy (non-hydrogen) atoms. The van der Waals surface area contributed by atoms with Gasteiger partial charge in [-0.3, -0.25) is 9.69 Å². The number of hydrogen-bond donors (Lipinski definition) is 0. The smallest absolute Gasteiger partial charge is 0.266 e. The fraction of sp³-hybridized carbons (Fsp3) is 0.304. The lowest BCUT2D eigenvalue weighted by Gasteiger charge is -2.21. The molecule has 0 aromatic heterocycles. The van der Waals surface area contributed by atoms with Crippen LogP contribution in [-0.2, 0) is 11.4 Å². The molecule has 2 aromatic carbocycles. The van der Waals surface area contributed by atoms with Crippen LogP contribution in [-0.4, -0.2) is 27.8 Å². The zero-order chi connectivity index (χ0) is 20.8. The minimum Gasteiger partial charge on any atom is -0.490 e. The second-order valence-corrected chi connectivity index (χ2v) is 8.40. The van der Waals surface area contributed by atoms with E-state index in [2.05, 4.69) is 6.92 Å². The van der Waals surface area contributed by atoms with E-state index in [0.717, 1.165) is 17.5 Å². The quantitative estimate of drug-likeness (QED) is 0.401. The van der Waals surface area contributed by atoms with Gasteiger partial charge in [-0.25, -0.2) is 0 Å². The predicted molar refractivity (Wildman–Crippen MR) is 123 cm³/mol. The van der Waals surface area contributed by atoms with Gasteiger partial charge in [0.2, 0.25) is 0 Å². The van der Waals surface area contributed by atoms with Gasteiger partial charge < -0.3 is 9.47 Å². The number of thiocarbonyl (C=S) groups is 1. The van der Waals surface area contributed by atoms with Crippen molar-refractivity contribution < 1.29 is 14.3 Å². The van der Waals surface area contributed by atoms with Crippen LogP contribution in [0.25, 0.3) is 6.08 Å². The lowest BCUT2D eigenvalue weighted by molar-refractivity contribution is -0.123. The third-order valence-corrected chi connectivity index (χ3v) is 5.99. The highest BCUT2D eigenvalue weighted by molar-refractivity contribution is 8.26. The van der Waals surface area contributed by atoms with Crippen molar-refractivity contribution in [1.82, 2.24) is 4.90 Å². The topological polar surface area (TPSA) is 38.8 Å². The van der Waals surface area contributed by atoms with Gasteiger partial charge in [0.15, 0.2) is 11.5 Å². The molecule has 4 nitrogen and oxygen atoms in total. The highest BCUT2D eigenvalue weighted by atomic mass is 32.2. The van der Waals surface area contributed by atoms with Gasteiger partial charge in [0.1, 0.15) is 10.9 Å². The number of thioether (sulfide) groups is 1. The molecule has 1 aliphatic heterocycles. The second-order valence-electron chi connectivity index (χ2n) is 6.72. The molecule has 1 fully saturated rings. The maximum absolute atomic E-state index is 12.8. The van der Waals surface area contributed by atoms with E-state index >= 15 is 0 Å². The molecule has 152 valence electrons. The predicted octanol–water partition coefficient (Wildman–Crippen LogP) is 5.66. The minimum absolute atomic E-state index is 0.0308. The van der Waals surface area contributed by atoms with E-state index in [4.69, 9.17) is 21.7 Å². The Kier molecular flexibility index (Phi) is 7.34. The lowest BCUT2D eigenvalue weighted by atomic mass is 10.1. The molecule has 0 bridgehead atoms. The highest BCUT2D eigenvalue weighted by Gasteiger charge is 2.34. The van der Waals surface area contributed by atoms with Gasteiger partial charge in [0, 0.05) is 6.04 Å². The molecule has 6 heteroatoms. The third-order valence-electron chi connectivity index (χ3n) is 4.66. The van der Waals surface area contributed by atoms with Crippen LogP contribution in [0.1, 0.15) is 38.3 Å². The van der Waals surface area contributed by atoms with Crippen molar-refractivity contribution in [3.8, 4) is 11.5 Å². The van der Waals surface area contributed by atoms with Crippen molar-refractivity contribution in [2.45, 2.75) is 39.8 Å². The Morgan fingerprint density at radius 3 is 2.55 bits per heavy atom. The summed E-state index contributed by atoms with van der Waals surface area (Å²) < 4.78 is 12.3. The number of carbonyl (C=O) groups excluding carboxylic acids is 1. The molecule has 1 atom stereocenters. The molecule has 1 saturated heterocycles. The molecule has 0 spiro atoms. The maximum atomic E-state index is 12.8. The Labute approximate surface area is 181 Å².